The van der Waals surface area contributed by atoms with E-state index in [1.165, 1.54) is 0 Å². The first-order valence-electron chi connectivity index (χ1n) is 7.28. The number of hydrogen-bond acceptors (Lipinski definition) is 3. The molecule has 1 aliphatic rings. The van der Waals surface area contributed by atoms with Gasteiger partial charge in [-0.05, 0) is 25.3 Å². The zero-order chi connectivity index (χ0) is 15.5. The Labute approximate surface area is 124 Å². The number of piperidine rings is 1. The first-order chi connectivity index (χ1) is 9.95. The predicted octanol–water partition coefficient (Wildman–Crippen LogP) is 1.37. The lowest BCUT2D eigenvalue weighted by molar-refractivity contribution is -0.148. The highest BCUT2D eigenvalue weighted by atomic mass is 16.4. The topological polar surface area (TPSA) is 83.6 Å². The van der Waals surface area contributed by atoms with Gasteiger partial charge in [0, 0.05) is 25.6 Å². The third kappa shape index (κ3) is 3.24. The monoisotopic (exact) mass is 290 g/mol. The molecule has 1 unspecified atom stereocenters. The van der Waals surface area contributed by atoms with Crippen LogP contribution >= 0.6 is 0 Å². The Morgan fingerprint density at radius 1 is 1.29 bits per heavy atom. The van der Waals surface area contributed by atoms with E-state index in [0.29, 0.717) is 32.4 Å². The minimum Gasteiger partial charge on any atom is -0.481 e. The van der Waals surface area contributed by atoms with E-state index in [1.54, 1.807) is 11.8 Å². The molecule has 1 amide bonds. The average molecular weight is 290 g/mol. The molecule has 3 N–H and O–H groups in total. The van der Waals surface area contributed by atoms with Gasteiger partial charge < -0.3 is 15.7 Å². The van der Waals surface area contributed by atoms with Gasteiger partial charge in [-0.3, -0.25) is 9.59 Å². The van der Waals surface area contributed by atoms with E-state index < -0.39 is 11.4 Å². The summed E-state index contributed by atoms with van der Waals surface area (Å²) in [5.41, 5.74) is 5.58. The van der Waals surface area contributed by atoms with Crippen LogP contribution in [0.1, 0.15) is 31.7 Å². The van der Waals surface area contributed by atoms with E-state index in [0.717, 1.165) is 5.56 Å². The average Bonchev–Trinajstić information content (AvgIpc) is 2.47. The number of benzene rings is 1. The molecule has 114 valence electrons. The molecule has 0 radical (unpaired) electrons. The lowest BCUT2D eigenvalue weighted by atomic mass is 9.73. The fourth-order valence-corrected chi connectivity index (χ4v) is 2.93. The summed E-state index contributed by atoms with van der Waals surface area (Å²) in [7, 11) is 0. The van der Waals surface area contributed by atoms with Crippen molar-refractivity contribution >= 4 is 11.9 Å². The minimum absolute atomic E-state index is 0.0112. The second kappa shape index (κ2) is 6.26. The van der Waals surface area contributed by atoms with Crippen molar-refractivity contribution in [2.24, 2.45) is 5.73 Å². The van der Waals surface area contributed by atoms with Gasteiger partial charge >= 0.3 is 5.97 Å². The second-order valence-corrected chi connectivity index (χ2v) is 5.82. The molecule has 1 atom stereocenters. The van der Waals surface area contributed by atoms with Gasteiger partial charge in [-0.25, -0.2) is 0 Å². The lowest BCUT2D eigenvalue weighted by Gasteiger charge is -2.39. The molecule has 0 aromatic heterocycles. The van der Waals surface area contributed by atoms with Crippen LogP contribution in [0.15, 0.2) is 30.3 Å². The lowest BCUT2D eigenvalue weighted by Crippen LogP contribution is -2.49. The zero-order valence-electron chi connectivity index (χ0n) is 12.3. The van der Waals surface area contributed by atoms with E-state index >= 15 is 0 Å². The molecule has 5 heteroatoms. The van der Waals surface area contributed by atoms with Crippen molar-refractivity contribution in [3.63, 3.8) is 0 Å². The van der Waals surface area contributed by atoms with Crippen molar-refractivity contribution in [3.8, 4) is 0 Å². The summed E-state index contributed by atoms with van der Waals surface area (Å²) >= 11 is 0. The Morgan fingerprint density at radius 2 is 1.86 bits per heavy atom. The van der Waals surface area contributed by atoms with Crippen LogP contribution in [0.25, 0.3) is 0 Å². The number of nitrogens with two attached hydrogens (primary N) is 1. The fourth-order valence-electron chi connectivity index (χ4n) is 2.93. The number of hydrogen-bond donors (Lipinski definition) is 2. The molecule has 5 nitrogen and oxygen atoms in total. The number of carbonyl (C=O) groups is 2. The number of amides is 1. The molecule has 0 bridgehead atoms. The summed E-state index contributed by atoms with van der Waals surface area (Å²) in [6.07, 6.45) is 1.19. The van der Waals surface area contributed by atoms with Crippen molar-refractivity contribution in [1.29, 1.82) is 0 Å². The Bertz CT molecular complexity index is 506. The van der Waals surface area contributed by atoms with E-state index in [2.05, 4.69) is 0 Å². The number of carboxylic acids is 1. The summed E-state index contributed by atoms with van der Waals surface area (Å²) < 4.78 is 0. The normalized spacial score (nSPS) is 19.0. The molecule has 0 aliphatic carbocycles. The Balaban J connectivity index is 2.12. The molecule has 1 heterocycles. The van der Waals surface area contributed by atoms with Crippen molar-refractivity contribution in [2.45, 2.75) is 37.6 Å². The quantitative estimate of drug-likeness (QED) is 0.877. The van der Waals surface area contributed by atoms with E-state index in [4.69, 9.17) is 5.73 Å². The molecule has 1 fully saturated rings. The van der Waals surface area contributed by atoms with Crippen molar-refractivity contribution in [2.75, 3.05) is 13.1 Å². The van der Waals surface area contributed by atoms with E-state index in [9.17, 15) is 14.7 Å². The van der Waals surface area contributed by atoms with Gasteiger partial charge in [0.15, 0.2) is 0 Å². The summed E-state index contributed by atoms with van der Waals surface area (Å²) in [5.74, 6) is -0.801. The number of carbonyl (C=O) groups excluding carboxylic acids is 1. The van der Waals surface area contributed by atoms with Crippen LogP contribution in [0.3, 0.4) is 0 Å². The van der Waals surface area contributed by atoms with E-state index in [-0.39, 0.29) is 11.9 Å². The summed E-state index contributed by atoms with van der Waals surface area (Å²) in [4.78, 5) is 25.6. The number of aliphatic carboxylic acids is 1. The van der Waals surface area contributed by atoms with Crippen LogP contribution < -0.4 is 5.73 Å². The van der Waals surface area contributed by atoms with Crippen LogP contribution in [0.4, 0.5) is 0 Å². The van der Waals surface area contributed by atoms with Gasteiger partial charge in [-0.15, -0.1) is 0 Å². The molecule has 1 saturated heterocycles. The summed E-state index contributed by atoms with van der Waals surface area (Å²) in [6.45, 7) is 2.73. The number of rotatable bonds is 4. The molecule has 0 spiro atoms. The predicted molar refractivity (Wildman–Crippen MR) is 79.8 cm³/mol. The zero-order valence-corrected chi connectivity index (χ0v) is 12.3. The van der Waals surface area contributed by atoms with Gasteiger partial charge in [0.05, 0.1) is 5.41 Å². The molecule has 1 aliphatic heterocycles. The third-order valence-electron chi connectivity index (χ3n) is 4.20. The number of carboxylic acid groups (broad SMARTS) is 1. The molecule has 2 rings (SSSR count). The van der Waals surface area contributed by atoms with Gasteiger partial charge in [0.1, 0.15) is 0 Å². The van der Waals surface area contributed by atoms with Gasteiger partial charge in [0.25, 0.3) is 0 Å². The van der Waals surface area contributed by atoms with Crippen LogP contribution in [-0.4, -0.2) is 41.0 Å². The van der Waals surface area contributed by atoms with Gasteiger partial charge in [-0.2, -0.15) is 0 Å². The smallest absolute Gasteiger partial charge is 0.314 e. The number of nitrogens with zero attached hydrogens (tertiary/aromatic N) is 1. The van der Waals surface area contributed by atoms with Crippen molar-refractivity contribution in [3.05, 3.63) is 35.9 Å². The Kier molecular flexibility index (Phi) is 4.63. The maximum absolute atomic E-state index is 12.0. The molecule has 1 aromatic carbocycles. The van der Waals surface area contributed by atoms with Crippen molar-refractivity contribution < 1.29 is 14.7 Å². The molecular weight excluding hydrogens is 268 g/mol. The number of likely N-dealkylation sites (tertiary alicyclic amines) is 1. The molecule has 21 heavy (non-hydrogen) atoms. The first-order valence-corrected chi connectivity index (χ1v) is 7.28. The van der Waals surface area contributed by atoms with Crippen LogP contribution in [0.5, 0.6) is 0 Å². The fraction of sp³-hybridized carbons (Fsp3) is 0.500. The highest BCUT2D eigenvalue weighted by Crippen LogP contribution is 2.36. The molecule has 0 saturated carbocycles. The highest BCUT2D eigenvalue weighted by molar-refractivity contribution is 5.82. The maximum Gasteiger partial charge on any atom is 0.314 e. The summed E-state index contributed by atoms with van der Waals surface area (Å²) in [6, 6.07) is 9.13. The van der Waals surface area contributed by atoms with Crippen LogP contribution in [-0.2, 0) is 15.0 Å². The Morgan fingerprint density at radius 3 is 2.33 bits per heavy atom. The summed E-state index contributed by atoms with van der Waals surface area (Å²) in [5, 5.41) is 9.69. The van der Waals surface area contributed by atoms with E-state index in [1.807, 2.05) is 30.3 Å². The van der Waals surface area contributed by atoms with Crippen LogP contribution in [0, 0.1) is 0 Å². The molecule has 1 aromatic rings. The third-order valence-corrected chi connectivity index (χ3v) is 4.20. The highest BCUT2D eigenvalue weighted by Gasteiger charge is 2.43. The largest absolute Gasteiger partial charge is 0.481 e. The first kappa shape index (κ1) is 15.5. The maximum atomic E-state index is 12.0. The van der Waals surface area contributed by atoms with Crippen LogP contribution in [0.2, 0.25) is 0 Å². The van der Waals surface area contributed by atoms with Crippen molar-refractivity contribution in [1.82, 2.24) is 4.90 Å². The minimum atomic E-state index is -0.883. The Hall–Kier alpha value is -1.88. The standard InChI is InChI=1S/C16H22N2O3/c1-12(17)11-14(19)18-9-7-16(8-10-18,15(20)21)13-5-3-2-4-6-13/h2-6,12H,7-11,17H2,1H3,(H,20,21). The van der Waals surface area contributed by atoms with Gasteiger partial charge in [0.2, 0.25) is 5.91 Å². The SMILES string of the molecule is CC(N)CC(=O)N1CCC(C(=O)O)(c2ccccc2)CC1. The van der Waals surface area contributed by atoms with Gasteiger partial charge in [-0.1, -0.05) is 30.3 Å². The second-order valence-electron chi connectivity index (χ2n) is 5.82. The molecular formula is C16H22N2O3.